The minimum absolute atomic E-state index is 0.0229. The van der Waals surface area contributed by atoms with Crippen LogP contribution in [0, 0.1) is 38.4 Å². The molecule has 0 aliphatic heterocycles. The fourth-order valence-electron chi connectivity index (χ4n) is 8.56. The molecule has 284 valence electrons. The van der Waals surface area contributed by atoms with Crippen LogP contribution in [0.15, 0.2) is 77.2 Å². The van der Waals surface area contributed by atoms with E-state index in [-0.39, 0.29) is 38.9 Å². The SMILES string of the molecule is [B]c1ccccc1-c1c2cc(c(-c3c(I)cccc3I)c3ccc([nH]3)c3c(nc4oc5c(F)c(C)c(F)c([B])c5c4c4ccc1[nH]4)Cc1c(C)c(P)c(F)c(P)c1-3)C=C2. The lowest BCUT2D eigenvalue weighted by atomic mass is 9.86. The molecule has 2 aliphatic rings. The van der Waals surface area contributed by atoms with Crippen LogP contribution in [0.5, 0.6) is 0 Å². The molecule has 13 heteroatoms. The molecule has 2 aliphatic carbocycles. The van der Waals surface area contributed by atoms with Gasteiger partial charge in [0, 0.05) is 73.9 Å². The summed E-state index contributed by atoms with van der Waals surface area (Å²) in [5, 5.41) is 1.21. The van der Waals surface area contributed by atoms with Crippen LogP contribution in [0.25, 0.3) is 89.7 Å². The molecule has 2 unspecified atom stereocenters. The number of hydrogen-bond acceptors (Lipinski definition) is 2. The third kappa shape index (κ3) is 5.96. The van der Waals surface area contributed by atoms with Gasteiger partial charge in [-0.1, -0.05) is 47.9 Å². The number of furan rings is 1. The second kappa shape index (κ2) is 14.5. The van der Waals surface area contributed by atoms with Crippen molar-refractivity contribution in [2.45, 2.75) is 20.3 Å². The van der Waals surface area contributed by atoms with Gasteiger partial charge in [0.2, 0.25) is 5.71 Å². The highest BCUT2D eigenvalue weighted by Gasteiger charge is 2.30. The number of benzene rings is 4. The number of aromatic amines is 2. The van der Waals surface area contributed by atoms with Crippen molar-refractivity contribution in [1.29, 1.82) is 0 Å². The molecule has 0 spiro atoms. The van der Waals surface area contributed by atoms with E-state index < -0.39 is 11.6 Å². The van der Waals surface area contributed by atoms with E-state index in [1.165, 1.54) is 6.92 Å². The molecule has 2 atom stereocenters. The van der Waals surface area contributed by atoms with Crippen molar-refractivity contribution in [3.05, 3.63) is 131 Å². The highest BCUT2D eigenvalue weighted by molar-refractivity contribution is 14.1. The quantitative estimate of drug-likeness (QED) is 0.103. The topological polar surface area (TPSA) is 57.6 Å². The fraction of sp³-hybridized carbons (Fsp3) is 0.0652. The molecule has 8 aromatic rings. The number of H-pyrrole nitrogens is 2. The monoisotopic (exact) mass is 1030 g/mol. The molecule has 0 saturated carbocycles. The predicted molar refractivity (Wildman–Crippen MR) is 263 cm³/mol. The van der Waals surface area contributed by atoms with E-state index in [1.807, 2.05) is 61.5 Å². The molecule has 0 fully saturated rings. The lowest BCUT2D eigenvalue weighted by Gasteiger charge is -2.13. The number of rotatable bonds is 2. The maximum Gasteiger partial charge on any atom is 0.229 e. The molecule has 0 amide bonds. The van der Waals surface area contributed by atoms with Crippen LogP contribution in [0.1, 0.15) is 33.5 Å². The first kappa shape index (κ1) is 39.0. The molecule has 6 bridgehead atoms. The Balaban J connectivity index is 1.49. The Kier molecular flexibility index (Phi) is 9.59. The van der Waals surface area contributed by atoms with Gasteiger partial charge in [0.25, 0.3) is 0 Å². The number of nitrogens with zero attached hydrogens (tertiary/aromatic N) is 1. The van der Waals surface area contributed by atoms with Crippen LogP contribution >= 0.6 is 63.7 Å². The Hall–Kier alpha value is -4.15. The summed E-state index contributed by atoms with van der Waals surface area (Å²) >= 11 is 4.77. The molecule has 4 heterocycles. The smallest absolute Gasteiger partial charge is 0.229 e. The maximum absolute atomic E-state index is 16.1. The van der Waals surface area contributed by atoms with Crippen LogP contribution in [0.2, 0.25) is 0 Å². The Labute approximate surface area is 371 Å². The van der Waals surface area contributed by atoms with E-state index in [1.54, 1.807) is 0 Å². The average molecular weight is 1030 g/mol. The van der Waals surface area contributed by atoms with Gasteiger partial charge in [-0.2, -0.15) is 0 Å². The lowest BCUT2D eigenvalue weighted by molar-refractivity contribution is 0.551. The van der Waals surface area contributed by atoms with Gasteiger partial charge in [-0.25, -0.2) is 18.2 Å². The summed E-state index contributed by atoms with van der Waals surface area (Å²) in [5.41, 5.74) is 11.6. The highest BCUT2D eigenvalue weighted by atomic mass is 127. The first-order chi connectivity index (χ1) is 28.3. The standard InChI is InChI=1S/C46H28B2F3I2N3OP2/c1-18-23-17-31-36(34(23)45(59)42(51)44(18)58)29-14-13-28(55-29)33(35-25(52)8-5-9-26(35)53)21-11-10-20(16-21)32(22-6-3-4-7-24(22)47)27-12-15-30(54-27)37-38-39(48)40(49)19(2)41(50)43(38)57-46(37)56-31/h3-16,54-55H,17,58-59H2,1-2H3. The van der Waals surface area contributed by atoms with Gasteiger partial charge >= 0.3 is 0 Å². The Bertz CT molecular complexity index is 3390. The second-order valence-corrected chi connectivity index (χ2v) is 18.3. The van der Waals surface area contributed by atoms with Crippen LogP contribution in [-0.2, 0) is 6.42 Å². The number of hydrogen-bond donors (Lipinski definition) is 2. The van der Waals surface area contributed by atoms with Crippen molar-refractivity contribution < 1.29 is 17.6 Å². The van der Waals surface area contributed by atoms with Crippen LogP contribution in [0.4, 0.5) is 13.2 Å². The van der Waals surface area contributed by atoms with Gasteiger partial charge in [0.05, 0.1) is 16.6 Å². The van der Waals surface area contributed by atoms with Gasteiger partial charge in [-0.05, 0) is 140 Å². The zero-order chi connectivity index (χ0) is 41.2. The van der Waals surface area contributed by atoms with E-state index in [2.05, 4.69) is 104 Å². The Morgan fingerprint density at radius 2 is 1.29 bits per heavy atom. The summed E-state index contributed by atoms with van der Waals surface area (Å²) in [6.07, 6.45) is 4.49. The lowest BCUT2D eigenvalue weighted by Crippen LogP contribution is -2.18. The molecule has 4 nitrogen and oxygen atoms in total. The average Bonchev–Trinajstić information content (AvgIpc) is 4.07. The number of aromatic nitrogens is 3. The zero-order valence-electron chi connectivity index (χ0n) is 31.3. The molecule has 4 aromatic carbocycles. The maximum atomic E-state index is 16.1. The summed E-state index contributed by atoms with van der Waals surface area (Å²) in [4.78, 5) is 12.5. The van der Waals surface area contributed by atoms with Gasteiger partial charge < -0.3 is 14.4 Å². The Morgan fingerprint density at radius 3 is 2.00 bits per heavy atom. The minimum atomic E-state index is -0.875. The summed E-state index contributed by atoms with van der Waals surface area (Å²) in [6, 6.07) is 23.8. The molecule has 2 N–H and O–H groups in total. The van der Waals surface area contributed by atoms with Crippen molar-refractivity contribution in [3.63, 3.8) is 0 Å². The minimum Gasteiger partial charge on any atom is -0.435 e. The third-order valence-electron chi connectivity index (χ3n) is 11.5. The molecular formula is C46H28B2F3I2N3OP2. The first-order valence-corrected chi connectivity index (χ1v) is 21.9. The van der Waals surface area contributed by atoms with E-state index in [4.69, 9.17) is 25.1 Å². The molecule has 0 saturated heterocycles. The van der Waals surface area contributed by atoms with Crippen molar-refractivity contribution in [1.82, 2.24) is 15.0 Å². The molecular weight excluding hydrogens is 1000 g/mol. The third-order valence-corrected chi connectivity index (χ3v) is 14.5. The predicted octanol–water partition coefficient (Wildman–Crippen LogP) is 10.4. The summed E-state index contributed by atoms with van der Waals surface area (Å²) in [6.45, 7) is 3.22. The molecule has 4 aromatic heterocycles. The van der Waals surface area contributed by atoms with Crippen molar-refractivity contribution in [3.8, 4) is 33.4 Å². The molecule has 4 radical (unpaired) electrons. The van der Waals surface area contributed by atoms with Crippen LogP contribution in [0.3, 0.4) is 0 Å². The largest absolute Gasteiger partial charge is 0.435 e. The van der Waals surface area contributed by atoms with E-state index in [0.717, 1.165) is 57.2 Å². The van der Waals surface area contributed by atoms with E-state index in [0.29, 0.717) is 55.9 Å². The number of halogens is 5. The van der Waals surface area contributed by atoms with Crippen molar-refractivity contribution in [2.24, 2.45) is 0 Å². The zero-order valence-corrected chi connectivity index (χ0v) is 38.0. The second-order valence-electron chi connectivity index (χ2n) is 14.8. The normalized spacial score (nSPS) is 12.5. The van der Waals surface area contributed by atoms with Crippen molar-refractivity contribution in [2.75, 3.05) is 0 Å². The number of fused-ring (bicyclic) bond motifs is 14. The van der Waals surface area contributed by atoms with E-state index >= 15 is 13.2 Å². The van der Waals surface area contributed by atoms with Crippen molar-refractivity contribution >= 4 is 157 Å². The first-order valence-electron chi connectivity index (χ1n) is 18.5. The summed E-state index contributed by atoms with van der Waals surface area (Å²) in [5.74, 6) is -2.10. The van der Waals surface area contributed by atoms with E-state index in [9.17, 15) is 0 Å². The Morgan fingerprint density at radius 1 is 0.661 bits per heavy atom. The highest BCUT2D eigenvalue weighted by Crippen LogP contribution is 2.44. The summed E-state index contributed by atoms with van der Waals surface area (Å²) in [7, 11) is 18.3. The van der Waals surface area contributed by atoms with Crippen LogP contribution < -0.4 is 21.5 Å². The van der Waals surface area contributed by atoms with Gasteiger partial charge in [0.15, 0.2) is 11.4 Å². The molecule has 10 rings (SSSR count). The fourth-order valence-corrected chi connectivity index (χ4v) is 11.6. The molecule has 59 heavy (non-hydrogen) atoms. The van der Waals surface area contributed by atoms with Gasteiger partial charge in [-0.3, -0.25) is 0 Å². The number of nitrogens with one attached hydrogen (secondary N) is 2. The summed E-state index contributed by atoms with van der Waals surface area (Å²) < 4.78 is 56.4. The van der Waals surface area contributed by atoms with Gasteiger partial charge in [0.1, 0.15) is 27.3 Å². The van der Waals surface area contributed by atoms with Crippen LogP contribution in [-0.4, -0.2) is 30.6 Å². The van der Waals surface area contributed by atoms with Gasteiger partial charge in [-0.15, -0.1) is 18.5 Å².